The second-order valence-electron chi connectivity index (χ2n) is 2.84. The van der Waals surface area contributed by atoms with Gasteiger partial charge < -0.3 is 0 Å². The molecule has 0 aromatic carbocycles. The molecular formula is C14H20. The van der Waals surface area contributed by atoms with E-state index in [1.807, 2.05) is 31.2 Å². The molecule has 0 saturated heterocycles. The van der Waals surface area contributed by atoms with Crippen LogP contribution < -0.4 is 0 Å². The maximum atomic E-state index is 2.14. The summed E-state index contributed by atoms with van der Waals surface area (Å²) in [5.74, 6) is 0. The Hall–Kier alpha value is -1.30. The molecule has 0 spiro atoms. The van der Waals surface area contributed by atoms with Gasteiger partial charge in [-0.15, -0.1) is 0 Å². The lowest BCUT2D eigenvalue weighted by Crippen LogP contribution is -1.57. The Kier molecular flexibility index (Phi) is 10.6. The van der Waals surface area contributed by atoms with Gasteiger partial charge in [-0.2, -0.15) is 0 Å². The highest BCUT2D eigenvalue weighted by Gasteiger charge is 1.68. The van der Waals surface area contributed by atoms with Gasteiger partial charge in [-0.1, -0.05) is 67.7 Å². The molecule has 0 fully saturated rings. The number of allylic oxidation sites excluding steroid dienone is 10. The summed E-state index contributed by atoms with van der Waals surface area (Å²) in [6, 6.07) is 0. The van der Waals surface area contributed by atoms with Gasteiger partial charge in [0.15, 0.2) is 0 Å². The fraction of sp³-hybridized carbons (Fsp3) is 0.286. The first kappa shape index (κ1) is 12.7. The molecule has 76 valence electrons. The third kappa shape index (κ3) is 10.7. The van der Waals surface area contributed by atoms with Crippen LogP contribution in [0.4, 0.5) is 0 Å². The van der Waals surface area contributed by atoms with E-state index in [9.17, 15) is 0 Å². The second kappa shape index (κ2) is 11.7. The molecule has 0 radical (unpaired) electrons. The number of hydrogen-bond acceptors (Lipinski definition) is 0. The van der Waals surface area contributed by atoms with E-state index in [0.717, 1.165) is 12.8 Å². The third-order valence-electron chi connectivity index (χ3n) is 1.55. The summed E-state index contributed by atoms with van der Waals surface area (Å²) in [5, 5.41) is 0. The zero-order chi connectivity index (χ0) is 10.5. The lowest BCUT2D eigenvalue weighted by Gasteiger charge is -1.79. The van der Waals surface area contributed by atoms with Gasteiger partial charge in [0.25, 0.3) is 0 Å². The molecule has 0 heterocycles. The van der Waals surface area contributed by atoms with E-state index in [-0.39, 0.29) is 0 Å². The monoisotopic (exact) mass is 188 g/mol. The van der Waals surface area contributed by atoms with E-state index in [1.165, 1.54) is 0 Å². The zero-order valence-electron chi connectivity index (χ0n) is 9.19. The maximum Gasteiger partial charge on any atom is -0.0163 e. The lowest BCUT2D eigenvalue weighted by atomic mass is 10.3. The molecule has 0 aliphatic heterocycles. The molecule has 0 aliphatic carbocycles. The highest BCUT2D eigenvalue weighted by Crippen LogP contribution is 1.89. The van der Waals surface area contributed by atoms with Crippen molar-refractivity contribution < 1.29 is 0 Å². The second-order valence-corrected chi connectivity index (χ2v) is 2.84. The Morgan fingerprint density at radius 1 is 0.714 bits per heavy atom. The minimum absolute atomic E-state index is 0.994. The summed E-state index contributed by atoms with van der Waals surface area (Å²) >= 11 is 0. The predicted octanol–water partition coefficient (Wildman–Crippen LogP) is 4.59. The Balaban J connectivity index is 3.53. The number of rotatable bonds is 6. The zero-order valence-corrected chi connectivity index (χ0v) is 9.19. The van der Waals surface area contributed by atoms with Crippen molar-refractivity contribution in [3.05, 3.63) is 60.8 Å². The first-order valence-corrected chi connectivity index (χ1v) is 5.18. The van der Waals surface area contributed by atoms with E-state index in [0.29, 0.717) is 0 Å². The summed E-state index contributed by atoms with van der Waals surface area (Å²) in [5.41, 5.74) is 0. The van der Waals surface area contributed by atoms with Crippen molar-refractivity contribution in [2.24, 2.45) is 0 Å². The summed E-state index contributed by atoms with van der Waals surface area (Å²) in [7, 11) is 0. The highest BCUT2D eigenvalue weighted by atomic mass is 13.7. The van der Waals surface area contributed by atoms with Crippen LogP contribution in [0.3, 0.4) is 0 Å². The molecule has 0 atom stereocenters. The number of hydrogen-bond donors (Lipinski definition) is 0. The van der Waals surface area contributed by atoms with Crippen LogP contribution >= 0.6 is 0 Å². The van der Waals surface area contributed by atoms with Crippen LogP contribution in [-0.2, 0) is 0 Å². The van der Waals surface area contributed by atoms with Gasteiger partial charge in [-0.25, -0.2) is 0 Å². The summed E-state index contributed by atoms with van der Waals surface area (Å²) in [6.45, 7) is 4.15. The van der Waals surface area contributed by atoms with Gasteiger partial charge in [0.2, 0.25) is 0 Å². The third-order valence-corrected chi connectivity index (χ3v) is 1.55. The standard InChI is InChI=1S/C14H20/c1-3-5-7-9-11-13-14-12-10-8-6-4-2/h3,5-13H,4,14H2,1-2H3/b5-3+,8-6+,9-7+,12-10+,13-11+. The first-order valence-electron chi connectivity index (χ1n) is 5.18. The van der Waals surface area contributed by atoms with E-state index in [2.05, 4.69) is 43.4 Å². The van der Waals surface area contributed by atoms with Gasteiger partial charge in [-0.3, -0.25) is 0 Å². The first-order chi connectivity index (χ1) is 6.91. The Morgan fingerprint density at radius 3 is 1.93 bits per heavy atom. The molecule has 0 heteroatoms. The van der Waals surface area contributed by atoms with Crippen molar-refractivity contribution in [2.45, 2.75) is 26.7 Å². The van der Waals surface area contributed by atoms with Crippen LogP contribution in [0.5, 0.6) is 0 Å². The molecule has 0 nitrogen and oxygen atoms in total. The highest BCUT2D eigenvalue weighted by molar-refractivity contribution is 5.12. The van der Waals surface area contributed by atoms with Gasteiger partial charge in [-0.05, 0) is 19.8 Å². The van der Waals surface area contributed by atoms with Gasteiger partial charge in [0, 0.05) is 0 Å². The summed E-state index contributed by atoms with van der Waals surface area (Å²) < 4.78 is 0. The van der Waals surface area contributed by atoms with Crippen molar-refractivity contribution in [1.82, 2.24) is 0 Å². The van der Waals surface area contributed by atoms with Crippen molar-refractivity contribution in [1.29, 1.82) is 0 Å². The van der Waals surface area contributed by atoms with Gasteiger partial charge in [0.05, 0.1) is 0 Å². The Bertz CT molecular complexity index is 237. The quantitative estimate of drug-likeness (QED) is 0.535. The van der Waals surface area contributed by atoms with Crippen molar-refractivity contribution >= 4 is 0 Å². The normalized spacial score (nSPS) is 13.6. The molecule has 0 N–H and O–H groups in total. The molecule has 14 heavy (non-hydrogen) atoms. The van der Waals surface area contributed by atoms with Crippen LogP contribution in [0.1, 0.15) is 26.7 Å². The summed E-state index contributed by atoms with van der Waals surface area (Å²) in [6.07, 6.45) is 22.9. The molecular weight excluding hydrogens is 168 g/mol. The average molecular weight is 188 g/mol. The van der Waals surface area contributed by atoms with Crippen molar-refractivity contribution in [3.63, 3.8) is 0 Å². The largest absolute Gasteiger partial charge is 0.0877 e. The molecule has 0 unspecified atom stereocenters. The fourth-order valence-corrected chi connectivity index (χ4v) is 0.847. The van der Waals surface area contributed by atoms with Crippen LogP contribution in [0.15, 0.2) is 60.8 Å². The fourth-order valence-electron chi connectivity index (χ4n) is 0.847. The molecule has 0 aromatic rings. The molecule has 0 amide bonds. The molecule has 0 saturated carbocycles. The lowest BCUT2D eigenvalue weighted by molar-refractivity contribution is 1.22. The van der Waals surface area contributed by atoms with Crippen LogP contribution in [0.2, 0.25) is 0 Å². The minimum atomic E-state index is 0.994. The Morgan fingerprint density at radius 2 is 1.29 bits per heavy atom. The van der Waals surface area contributed by atoms with Crippen LogP contribution in [0.25, 0.3) is 0 Å². The van der Waals surface area contributed by atoms with Crippen molar-refractivity contribution in [3.8, 4) is 0 Å². The molecule has 0 aromatic heterocycles. The summed E-state index contributed by atoms with van der Waals surface area (Å²) in [4.78, 5) is 0. The van der Waals surface area contributed by atoms with Crippen LogP contribution in [-0.4, -0.2) is 0 Å². The molecule has 0 aliphatic rings. The maximum absolute atomic E-state index is 2.14. The average Bonchev–Trinajstić information content (AvgIpc) is 2.21. The SMILES string of the molecule is C/C=C/C=C/C=C/C/C=C/C=C/CC. The van der Waals surface area contributed by atoms with E-state index in [1.54, 1.807) is 0 Å². The minimum Gasteiger partial charge on any atom is -0.0877 e. The topological polar surface area (TPSA) is 0 Å². The van der Waals surface area contributed by atoms with Crippen LogP contribution in [0, 0.1) is 0 Å². The van der Waals surface area contributed by atoms with Gasteiger partial charge >= 0.3 is 0 Å². The Labute approximate surface area is 88.0 Å². The molecule has 0 bridgehead atoms. The smallest absolute Gasteiger partial charge is 0.0163 e. The van der Waals surface area contributed by atoms with E-state index >= 15 is 0 Å². The molecule has 0 rings (SSSR count). The van der Waals surface area contributed by atoms with Crippen molar-refractivity contribution in [2.75, 3.05) is 0 Å². The predicted molar refractivity (Wildman–Crippen MR) is 66.3 cm³/mol. The van der Waals surface area contributed by atoms with E-state index < -0.39 is 0 Å². The van der Waals surface area contributed by atoms with E-state index in [4.69, 9.17) is 0 Å². The van der Waals surface area contributed by atoms with Gasteiger partial charge in [0.1, 0.15) is 0 Å².